The van der Waals surface area contributed by atoms with Gasteiger partial charge in [-0.25, -0.2) is 12.8 Å². The van der Waals surface area contributed by atoms with Crippen LogP contribution in [0.15, 0.2) is 83.8 Å². The molecule has 1 aliphatic rings. The van der Waals surface area contributed by atoms with Crippen molar-refractivity contribution >= 4 is 15.9 Å². The number of hydrogen-bond acceptors (Lipinski definition) is 3. The predicted molar refractivity (Wildman–Crippen MR) is 130 cm³/mol. The summed E-state index contributed by atoms with van der Waals surface area (Å²) in [5.41, 5.74) is 2.38. The second-order valence-electron chi connectivity index (χ2n) is 8.71. The first-order valence-corrected chi connectivity index (χ1v) is 13.0. The van der Waals surface area contributed by atoms with Crippen molar-refractivity contribution in [3.63, 3.8) is 0 Å². The Morgan fingerprint density at radius 1 is 0.971 bits per heavy atom. The number of halogens is 1. The Balaban J connectivity index is 1.50. The molecule has 178 valence electrons. The molecule has 3 aromatic rings. The molecule has 2 atom stereocenters. The maximum Gasteiger partial charge on any atom is 0.251 e. The van der Waals surface area contributed by atoms with Crippen molar-refractivity contribution in [1.82, 2.24) is 9.62 Å². The quantitative estimate of drug-likeness (QED) is 0.449. The van der Waals surface area contributed by atoms with Crippen molar-refractivity contribution in [2.24, 2.45) is 0 Å². The number of aryl methyl sites for hydroxylation is 1. The van der Waals surface area contributed by atoms with Crippen molar-refractivity contribution < 1.29 is 17.6 Å². The van der Waals surface area contributed by atoms with E-state index >= 15 is 0 Å². The van der Waals surface area contributed by atoms with Crippen molar-refractivity contribution in [1.29, 1.82) is 0 Å². The molecule has 3 aromatic carbocycles. The average molecular weight is 481 g/mol. The lowest BCUT2D eigenvalue weighted by Crippen LogP contribution is -2.38. The number of nitrogens with one attached hydrogen (secondary N) is 1. The summed E-state index contributed by atoms with van der Waals surface area (Å²) in [4.78, 5) is 12.6. The zero-order valence-electron chi connectivity index (χ0n) is 19.2. The van der Waals surface area contributed by atoms with Gasteiger partial charge in [0.1, 0.15) is 5.82 Å². The van der Waals surface area contributed by atoms with Crippen molar-refractivity contribution in [2.45, 2.75) is 49.6 Å². The van der Waals surface area contributed by atoms with Crippen LogP contribution in [0.5, 0.6) is 0 Å². The highest BCUT2D eigenvalue weighted by molar-refractivity contribution is 7.89. The minimum atomic E-state index is -3.76. The van der Waals surface area contributed by atoms with Crippen LogP contribution in [0, 0.1) is 12.7 Å². The molecule has 1 N–H and O–H groups in total. The standard InChI is InChI=1S/C27H29FN2O3S/c1-20-9-16-25(17-10-20)34(32,33)30-24(15-18-26(30)21-11-13-23(28)14-12-21)8-5-19-29-27(31)22-6-3-2-4-7-22/h2-4,6-7,9-14,16-17,24,26H,5,8,15,18-19H2,1H3,(H,29,31). The Hall–Kier alpha value is -3.03. The summed E-state index contributed by atoms with van der Waals surface area (Å²) < 4.78 is 42.5. The van der Waals surface area contributed by atoms with Crippen molar-refractivity contribution in [3.8, 4) is 0 Å². The average Bonchev–Trinajstić information content (AvgIpc) is 3.28. The monoisotopic (exact) mass is 480 g/mol. The molecule has 34 heavy (non-hydrogen) atoms. The van der Waals surface area contributed by atoms with Crippen LogP contribution in [0.3, 0.4) is 0 Å². The van der Waals surface area contributed by atoms with Gasteiger partial charge in [-0.2, -0.15) is 4.31 Å². The predicted octanol–water partition coefficient (Wildman–Crippen LogP) is 5.24. The van der Waals surface area contributed by atoms with E-state index < -0.39 is 10.0 Å². The molecule has 0 spiro atoms. The van der Waals surface area contributed by atoms with Crippen LogP contribution >= 0.6 is 0 Å². The Labute approximate surface area is 200 Å². The van der Waals surface area contributed by atoms with Gasteiger partial charge in [-0.1, -0.05) is 48.0 Å². The van der Waals surface area contributed by atoms with E-state index in [-0.39, 0.29) is 28.7 Å². The van der Waals surface area contributed by atoms with E-state index in [4.69, 9.17) is 0 Å². The van der Waals surface area contributed by atoms with E-state index in [0.29, 0.717) is 37.8 Å². The molecule has 4 rings (SSSR count). The fourth-order valence-corrected chi connectivity index (χ4v) is 6.45. The first-order valence-electron chi connectivity index (χ1n) is 11.5. The molecule has 5 nitrogen and oxygen atoms in total. The summed E-state index contributed by atoms with van der Waals surface area (Å²) in [5, 5.41) is 2.91. The molecule has 0 bridgehead atoms. The van der Waals surface area contributed by atoms with Crippen LogP contribution in [0.4, 0.5) is 4.39 Å². The normalized spacial score (nSPS) is 18.6. The second kappa shape index (κ2) is 10.5. The van der Waals surface area contributed by atoms with Crippen LogP contribution in [-0.2, 0) is 10.0 Å². The van der Waals surface area contributed by atoms with Crippen LogP contribution in [0.1, 0.15) is 53.2 Å². The van der Waals surface area contributed by atoms with E-state index in [1.807, 2.05) is 25.1 Å². The van der Waals surface area contributed by atoms with Crippen LogP contribution in [0.25, 0.3) is 0 Å². The van der Waals surface area contributed by atoms with Gasteiger partial charge in [0.2, 0.25) is 10.0 Å². The van der Waals surface area contributed by atoms with Crippen LogP contribution < -0.4 is 5.32 Å². The lowest BCUT2D eigenvalue weighted by atomic mass is 10.0. The second-order valence-corrected chi connectivity index (χ2v) is 10.6. The molecule has 0 aromatic heterocycles. The number of sulfonamides is 1. The molecule has 1 saturated heterocycles. The van der Waals surface area contributed by atoms with Gasteiger partial charge in [0.15, 0.2) is 0 Å². The molecule has 7 heteroatoms. The maximum atomic E-state index is 13.7. The number of amides is 1. The number of carbonyl (C=O) groups excluding carboxylic acids is 1. The zero-order chi connectivity index (χ0) is 24.1. The third-order valence-electron chi connectivity index (χ3n) is 6.33. The summed E-state index contributed by atoms with van der Waals surface area (Å²) in [7, 11) is -3.76. The molecule has 1 amide bonds. The van der Waals surface area contributed by atoms with Crippen LogP contribution in [-0.4, -0.2) is 31.2 Å². The zero-order valence-corrected chi connectivity index (χ0v) is 20.0. The highest BCUT2D eigenvalue weighted by Gasteiger charge is 2.42. The SMILES string of the molecule is Cc1ccc(S(=O)(=O)N2C(CCCNC(=O)c3ccccc3)CCC2c2ccc(F)cc2)cc1. The van der Waals surface area contributed by atoms with E-state index in [9.17, 15) is 17.6 Å². The van der Waals surface area contributed by atoms with E-state index in [0.717, 1.165) is 11.1 Å². The largest absolute Gasteiger partial charge is 0.352 e. The van der Waals surface area contributed by atoms with Crippen molar-refractivity contribution in [2.75, 3.05) is 6.54 Å². The minimum absolute atomic E-state index is 0.139. The number of carbonyl (C=O) groups is 1. The fraction of sp³-hybridized carbons (Fsp3) is 0.296. The third-order valence-corrected chi connectivity index (χ3v) is 8.30. The molecule has 0 radical (unpaired) electrons. The van der Waals surface area contributed by atoms with Crippen molar-refractivity contribution in [3.05, 3.63) is 101 Å². The van der Waals surface area contributed by atoms with E-state index in [1.165, 1.54) is 12.1 Å². The molecule has 0 saturated carbocycles. The topological polar surface area (TPSA) is 66.5 Å². The Bertz CT molecular complexity index is 1210. The highest BCUT2D eigenvalue weighted by Crippen LogP contribution is 2.42. The smallest absolute Gasteiger partial charge is 0.251 e. The molecule has 1 fully saturated rings. The van der Waals surface area contributed by atoms with Gasteiger partial charge in [0.05, 0.1) is 10.9 Å². The Morgan fingerprint density at radius 2 is 1.65 bits per heavy atom. The molecular weight excluding hydrogens is 451 g/mol. The lowest BCUT2D eigenvalue weighted by Gasteiger charge is -2.30. The number of benzene rings is 3. The summed E-state index contributed by atoms with van der Waals surface area (Å²) in [6, 6.07) is 21.4. The Morgan fingerprint density at radius 3 is 2.32 bits per heavy atom. The first-order chi connectivity index (χ1) is 16.4. The summed E-state index contributed by atoms with van der Waals surface area (Å²) in [6.07, 6.45) is 2.65. The first kappa shape index (κ1) is 24.1. The summed E-state index contributed by atoms with van der Waals surface area (Å²) in [5.74, 6) is -0.485. The fourth-order valence-electron chi connectivity index (χ4n) is 4.56. The van der Waals surface area contributed by atoms with E-state index in [1.54, 1.807) is 52.8 Å². The minimum Gasteiger partial charge on any atom is -0.352 e. The molecule has 1 aliphatic heterocycles. The molecule has 0 aliphatic carbocycles. The van der Waals surface area contributed by atoms with E-state index in [2.05, 4.69) is 5.32 Å². The highest BCUT2D eigenvalue weighted by atomic mass is 32.2. The van der Waals surface area contributed by atoms with Gasteiger partial charge in [0.25, 0.3) is 5.91 Å². The van der Waals surface area contributed by atoms with Gasteiger partial charge in [-0.05, 0) is 74.6 Å². The van der Waals surface area contributed by atoms with Crippen LogP contribution in [0.2, 0.25) is 0 Å². The van der Waals surface area contributed by atoms with Gasteiger partial charge in [-0.15, -0.1) is 0 Å². The summed E-state index contributed by atoms with van der Waals surface area (Å²) in [6.45, 7) is 2.38. The van der Waals surface area contributed by atoms with Gasteiger partial charge >= 0.3 is 0 Å². The van der Waals surface area contributed by atoms with Gasteiger partial charge in [0, 0.05) is 18.2 Å². The third kappa shape index (κ3) is 5.37. The molecule has 2 unspecified atom stereocenters. The molecule has 1 heterocycles. The molecular formula is C27H29FN2O3S. The summed E-state index contributed by atoms with van der Waals surface area (Å²) >= 11 is 0. The lowest BCUT2D eigenvalue weighted by molar-refractivity contribution is 0.0952. The van der Waals surface area contributed by atoms with Gasteiger partial charge < -0.3 is 5.32 Å². The van der Waals surface area contributed by atoms with Gasteiger partial charge in [-0.3, -0.25) is 4.79 Å². The Kier molecular flexibility index (Phi) is 7.44. The number of nitrogens with zero attached hydrogens (tertiary/aromatic N) is 1. The number of rotatable bonds is 8. The maximum absolute atomic E-state index is 13.7. The number of hydrogen-bond donors (Lipinski definition) is 1.